The Hall–Kier alpha value is -3.60. The number of likely N-dealkylation sites (tertiary alicyclic amines) is 1. The van der Waals surface area contributed by atoms with Gasteiger partial charge in [0.2, 0.25) is 0 Å². The lowest BCUT2D eigenvalue weighted by molar-refractivity contribution is -0.274. The van der Waals surface area contributed by atoms with Crippen LogP contribution in [0.3, 0.4) is 0 Å². The van der Waals surface area contributed by atoms with Crippen LogP contribution < -0.4 is 10.1 Å². The average Bonchev–Trinajstić information content (AvgIpc) is 3.16. The number of para-hydroxylation sites is 2. The van der Waals surface area contributed by atoms with Gasteiger partial charge in [-0.25, -0.2) is 4.98 Å². The molecule has 1 N–H and O–H groups in total. The zero-order valence-corrected chi connectivity index (χ0v) is 20.8. The summed E-state index contributed by atoms with van der Waals surface area (Å²) in [6.07, 6.45) is -3.78. The predicted octanol–water partition coefficient (Wildman–Crippen LogP) is 6.12. The van der Waals surface area contributed by atoms with Crippen LogP contribution in [0.25, 0.3) is 21.5 Å². The van der Waals surface area contributed by atoms with Crippen LogP contribution in [-0.2, 0) is 0 Å². The molecule has 2 fully saturated rings. The van der Waals surface area contributed by atoms with Crippen molar-refractivity contribution in [3.8, 4) is 16.2 Å². The largest absolute Gasteiger partial charge is 0.573 e. The van der Waals surface area contributed by atoms with Crippen LogP contribution in [0.2, 0.25) is 0 Å². The Labute approximate surface area is 214 Å². The van der Waals surface area contributed by atoms with Crippen LogP contribution in [-0.4, -0.2) is 46.3 Å². The number of rotatable bonds is 6. The van der Waals surface area contributed by atoms with Crippen molar-refractivity contribution in [2.45, 2.75) is 32.7 Å². The smallest absolute Gasteiger partial charge is 0.424 e. The first-order chi connectivity index (χ1) is 17.6. The van der Waals surface area contributed by atoms with E-state index in [1.54, 1.807) is 13.0 Å². The average molecular weight is 529 g/mol. The van der Waals surface area contributed by atoms with Crippen molar-refractivity contribution >= 4 is 34.4 Å². The maximum atomic E-state index is 13.8. The molecule has 1 aliphatic carbocycles. The number of hydrogen-bond donors (Lipinski definition) is 1. The topological polar surface area (TPSA) is 80.5 Å². The maximum absolute atomic E-state index is 13.8. The summed E-state index contributed by atoms with van der Waals surface area (Å²) in [6, 6.07) is 13.4. The SMILES string of the molecule is Cc1nc(C(=O)N2CC3(C)C[C@H]3[C@H]2CNc2nc3ccccc3o2)c(-c2cccc(OC(F)(F)F)c2)s1. The summed E-state index contributed by atoms with van der Waals surface area (Å²) in [5.74, 6) is -0.246. The Bertz CT molecular complexity index is 1470. The summed E-state index contributed by atoms with van der Waals surface area (Å²) in [4.78, 5) is 25.1. The van der Waals surface area contributed by atoms with Gasteiger partial charge >= 0.3 is 6.36 Å². The molecule has 1 saturated heterocycles. The molecular weight excluding hydrogens is 505 g/mol. The summed E-state index contributed by atoms with van der Waals surface area (Å²) < 4.78 is 48.1. The van der Waals surface area contributed by atoms with E-state index in [0.29, 0.717) is 46.1 Å². The number of benzene rings is 2. The van der Waals surface area contributed by atoms with Gasteiger partial charge in [0.05, 0.1) is 15.9 Å². The van der Waals surface area contributed by atoms with Crippen LogP contribution in [0.1, 0.15) is 28.8 Å². The molecule has 1 unspecified atom stereocenters. The molecule has 37 heavy (non-hydrogen) atoms. The third kappa shape index (κ3) is 4.52. The number of amides is 1. The third-order valence-electron chi connectivity index (χ3n) is 7.10. The monoisotopic (exact) mass is 528 g/mol. The second-order valence-corrected chi connectivity index (χ2v) is 11.0. The number of aromatic nitrogens is 2. The quantitative estimate of drug-likeness (QED) is 0.325. The van der Waals surface area contributed by atoms with E-state index in [2.05, 4.69) is 26.9 Å². The second kappa shape index (κ2) is 8.47. The summed E-state index contributed by atoms with van der Waals surface area (Å²) in [6.45, 7) is 4.99. The van der Waals surface area contributed by atoms with Gasteiger partial charge < -0.3 is 19.4 Å². The lowest BCUT2D eigenvalue weighted by atomic mass is 10.1. The Morgan fingerprint density at radius 1 is 1.24 bits per heavy atom. The number of alkyl halides is 3. The van der Waals surface area contributed by atoms with E-state index in [9.17, 15) is 18.0 Å². The molecule has 2 aliphatic rings. The normalized spacial score (nSPS) is 22.8. The number of oxazole rings is 1. The molecular formula is C26H23F3N4O3S. The minimum atomic E-state index is -4.80. The third-order valence-corrected chi connectivity index (χ3v) is 8.12. The van der Waals surface area contributed by atoms with Crippen molar-refractivity contribution < 1.29 is 27.1 Å². The number of carbonyl (C=O) groups excluding carboxylic acids is 1. The molecule has 0 bridgehead atoms. The fourth-order valence-electron chi connectivity index (χ4n) is 5.30. The number of nitrogens with zero attached hydrogens (tertiary/aromatic N) is 3. The molecule has 6 rings (SSSR count). The molecule has 192 valence electrons. The molecule has 7 nitrogen and oxygen atoms in total. The summed E-state index contributed by atoms with van der Waals surface area (Å²) in [5, 5.41) is 3.91. The van der Waals surface area contributed by atoms with Gasteiger partial charge in [0.15, 0.2) is 5.58 Å². The van der Waals surface area contributed by atoms with Gasteiger partial charge in [-0.05, 0) is 54.5 Å². The lowest BCUT2D eigenvalue weighted by Gasteiger charge is -2.27. The molecule has 1 amide bonds. The Morgan fingerprint density at radius 3 is 2.84 bits per heavy atom. The fraction of sp³-hybridized carbons (Fsp3) is 0.346. The first kappa shape index (κ1) is 23.8. The molecule has 11 heteroatoms. The van der Waals surface area contributed by atoms with Gasteiger partial charge in [0.25, 0.3) is 11.9 Å². The minimum Gasteiger partial charge on any atom is -0.424 e. The van der Waals surface area contributed by atoms with Crippen LogP contribution in [0.15, 0.2) is 52.9 Å². The van der Waals surface area contributed by atoms with E-state index >= 15 is 0 Å². The van der Waals surface area contributed by atoms with Gasteiger partial charge in [0.1, 0.15) is 17.0 Å². The van der Waals surface area contributed by atoms with Crippen LogP contribution in [0.4, 0.5) is 19.2 Å². The predicted molar refractivity (Wildman–Crippen MR) is 133 cm³/mol. The highest BCUT2D eigenvalue weighted by Crippen LogP contribution is 2.60. The van der Waals surface area contributed by atoms with Crippen molar-refractivity contribution in [3.05, 3.63) is 59.2 Å². The molecule has 1 aliphatic heterocycles. The number of carbonyl (C=O) groups is 1. The van der Waals surface area contributed by atoms with Gasteiger partial charge in [-0.2, -0.15) is 4.98 Å². The van der Waals surface area contributed by atoms with Crippen molar-refractivity contribution in [3.63, 3.8) is 0 Å². The van der Waals surface area contributed by atoms with E-state index < -0.39 is 6.36 Å². The number of nitrogens with one attached hydrogen (secondary N) is 1. The molecule has 0 radical (unpaired) electrons. The first-order valence-corrected chi connectivity index (χ1v) is 12.7. The molecule has 2 aromatic heterocycles. The number of piperidine rings is 1. The highest BCUT2D eigenvalue weighted by Gasteiger charge is 2.62. The molecule has 1 saturated carbocycles. The minimum absolute atomic E-state index is 0.0367. The van der Waals surface area contributed by atoms with Crippen LogP contribution in [0.5, 0.6) is 5.75 Å². The fourth-order valence-corrected chi connectivity index (χ4v) is 6.21. The number of anilines is 1. The molecule has 2 aromatic carbocycles. The van der Waals surface area contributed by atoms with Gasteiger partial charge in [-0.3, -0.25) is 4.79 Å². The van der Waals surface area contributed by atoms with Gasteiger partial charge in [-0.15, -0.1) is 24.5 Å². The molecule has 3 heterocycles. The van der Waals surface area contributed by atoms with Gasteiger partial charge in [-0.1, -0.05) is 31.2 Å². The van der Waals surface area contributed by atoms with Crippen molar-refractivity contribution in [1.29, 1.82) is 0 Å². The Balaban J connectivity index is 1.26. The van der Waals surface area contributed by atoms with E-state index in [4.69, 9.17) is 4.42 Å². The molecule has 0 spiro atoms. The van der Waals surface area contributed by atoms with E-state index in [-0.39, 0.29) is 28.8 Å². The number of fused-ring (bicyclic) bond motifs is 2. The number of hydrogen-bond acceptors (Lipinski definition) is 7. The summed E-state index contributed by atoms with van der Waals surface area (Å²) in [5.41, 5.74) is 2.16. The zero-order valence-electron chi connectivity index (χ0n) is 20.0. The van der Waals surface area contributed by atoms with E-state index in [1.807, 2.05) is 29.2 Å². The van der Waals surface area contributed by atoms with Gasteiger partial charge in [0, 0.05) is 13.1 Å². The van der Waals surface area contributed by atoms with Crippen LogP contribution in [0, 0.1) is 18.3 Å². The lowest BCUT2D eigenvalue weighted by Crippen LogP contribution is -2.43. The molecule has 4 aromatic rings. The highest BCUT2D eigenvalue weighted by atomic mass is 32.1. The number of ether oxygens (including phenoxy) is 1. The second-order valence-electron chi connectivity index (χ2n) is 9.82. The standard InChI is InChI=1S/C26H23F3N4O3S/c1-14-31-21(22(37-14)15-6-5-7-16(10-15)36-26(27,28)29)23(34)33-13-25(2)11-17(25)19(33)12-30-24-32-18-8-3-4-9-20(18)35-24/h3-10,17,19H,11-13H2,1-2H3,(H,30,32)/t17-,19+,25?/m0/s1. The van der Waals surface area contributed by atoms with Crippen molar-refractivity contribution in [2.24, 2.45) is 11.3 Å². The molecule has 3 atom stereocenters. The van der Waals surface area contributed by atoms with E-state index in [0.717, 1.165) is 11.9 Å². The first-order valence-electron chi connectivity index (χ1n) is 11.8. The summed E-state index contributed by atoms with van der Waals surface area (Å²) >= 11 is 1.27. The summed E-state index contributed by atoms with van der Waals surface area (Å²) in [7, 11) is 0. The number of thiazole rings is 1. The maximum Gasteiger partial charge on any atom is 0.573 e. The zero-order chi connectivity index (χ0) is 25.9. The van der Waals surface area contributed by atoms with E-state index in [1.165, 1.54) is 29.5 Å². The Kier molecular flexibility index (Phi) is 5.45. The van der Waals surface area contributed by atoms with Crippen molar-refractivity contribution in [1.82, 2.24) is 14.9 Å². The van der Waals surface area contributed by atoms with Crippen molar-refractivity contribution in [2.75, 3.05) is 18.4 Å². The highest BCUT2D eigenvalue weighted by molar-refractivity contribution is 7.15. The Morgan fingerprint density at radius 2 is 2.05 bits per heavy atom. The number of aryl methyl sites for hydroxylation is 1. The number of halogens is 3. The van der Waals surface area contributed by atoms with Crippen LogP contribution >= 0.6 is 11.3 Å².